The quantitative estimate of drug-likeness (QED) is 0.828. The Kier molecular flexibility index (Phi) is 4.62. The van der Waals surface area contributed by atoms with Crippen LogP contribution in [0.3, 0.4) is 0 Å². The molecule has 2 aliphatic rings. The van der Waals surface area contributed by atoms with Crippen LogP contribution in [-0.2, 0) is 9.53 Å². The fourth-order valence-electron chi connectivity index (χ4n) is 3.33. The minimum absolute atomic E-state index is 0.118. The van der Waals surface area contributed by atoms with E-state index in [1.165, 1.54) is 6.42 Å². The average Bonchev–Trinajstić information content (AvgIpc) is 2.85. The molecule has 1 aliphatic carbocycles. The van der Waals surface area contributed by atoms with Crippen LogP contribution in [0.5, 0.6) is 0 Å². The first-order valence-corrected chi connectivity index (χ1v) is 7.19. The van der Waals surface area contributed by atoms with E-state index in [0.717, 1.165) is 38.8 Å². The summed E-state index contributed by atoms with van der Waals surface area (Å²) in [5.41, 5.74) is 6.02. The molecule has 0 bridgehead atoms. The van der Waals surface area contributed by atoms with Gasteiger partial charge in [0.25, 0.3) is 0 Å². The van der Waals surface area contributed by atoms with Gasteiger partial charge in [0.1, 0.15) is 0 Å². The highest BCUT2D eigenvalue weighted by Crippen LogP contribution is 2.31. The summed E-state index contributed by atoms with van der Waals surface area (Å²) in [5, 5.41) is 0. The Labute approximate surface area is 110 Å². The summed E-state index contributed by atoms with van der Waals surface area (Å²) in [6.45, 7) is 3.68. The maximum Gasteiger partial charge on any atom is 0.225 e. The number of rotatable bonds is 3. The predicted molar refractivity (Wildman–Crippen MR) is 71.1 cm³/mol. The normalized spacial score (nSPS) is 34.6. The summed E-state index contributed by atoms with van der Waals surface area (Å²) < 4.78 is 5.32. The lowest BCUT2D eigenvalue weighted by Crippen LogP contribution is -2.40. The highest BCUT2D eigenvalue weighted by Gasteiger charge is 2.34. The molecular formula is C14H26N2O2. The van der Waals surface area contributed by atoms with Crippen LogP contribution in [0.15, 0.2) is 0 Å². The zero-order valence-corrected chi connectivity index (χ0v) is 11.6. The van der Waals surface area contributed by atoms with Gasteiger partial charge in [0.05, 0.1) is 6.10 Å². The first-order chi connectivity index (χ1) is 8.61. The van der Waals surface area contributed by atoms with Gasteiger partial charge in [-0.1, -0.05) is 13.3 Å². The summed E-state index contributed by atoms with van der Waals surface area (Å²) in [4.78, 5) is 14.4. The third-order valence-corrected chi connectivity index (χ3v) is 4.64. The lowest BCUT2D eigenvalue weighted by molar-refractivity contribution is -0.136. The molecule has 4 unspecified atom stereocenters. The fraction of sp³-hybridized carbons (Fsp3) is 0.929. The minimum Gasteiger partial charge on any atom is -0.380 e. The molecule has 1 aliphatic heterocycles. The van der Waals surface area contributed by atoms with Crippen molar-refractivity contribution >= 4 is 5.91 Å². The summed E-state index contributed by atoms with van der Waals surface area (Å²) in [7, 11) is 1.72. The molecule has 2 N–H and O–H groups in total. The molecule has 0 aromatic heterocycles. The molecule has 1 saturated heterocycles. The average molecular weight is 254 g/mol. The van der Waals surface area contributed by atoms with E-state index in [2.05, 4.69) is 6.92 Å². The van der Waals surface area contributed by atoms with E-state index in [1.807, 2.05) is 4.90 Å². The van der Waals surface area contributed by atoms with Crippen LogP contribution in [0, 0.1) is 11.8 Å². The Bertz CT molecular complexity index is 296. The van der Waals surface area contributed by atoms with E-state index in [-0.39, 0.29) is 12.0 Å². The van der Waals surface area contributed by atoms with Crippen molar-refractivity contribution in [2.24, 2.45) is 17.6 Å². The molecule has 4 nitrogen and oxygen atoms in total. The fourth-order valence-corrected chi connectivity index (χ4v) is 3.33. The molecule has 0 aromatic carbocycles. The zero-order chi connectivity index (χ0) is 13.1. The third kappa shape index (κ3) is 3.04. The largest absolute Gasteiger partial charge is 0.380 e. The number of ether oxygens (including phenoxy) is 1. The van der Waals surface area contributed by atoms with Crippen LogP contribution in [0.2, 0.25) is 0 Å². The lowest BCUT2D eigenvalue weighted by Gasteiger charge is -2.32. The molecule has 1 heterocycles. The molecule has 4 atom stereocenters. The Hall–Kier alpha value is -0.610. The Morgan fingerprint density at radius 3 is 2.78 bits per heavy atom. The molecular weight excluding hydrogens is 228 g/mol. The van der Waals surface area contributed by atoms with Crippen molar-refractivity contribution in [2.75, 3.05) is 20.2 Å². The number of carbonyl (C=O) groups excluding carboxylic acids is 1. The Morgan fingerprint density at radius 1 is 1.39 bits per heavy atom. The van der Waals surface area contributed by atoms with Crippen LogP contribution in [0.4, 0.5) is 0 Å². The number of hydrogen-bond donors (Lipinski definition) is 1. The van der Waals surface area contributed by atoms with Gasteiger partial charge in [0.2, 0.25) is 5.91 Å². The topological polar surface area (TPSA) is 55.6 Å². The number of carbonyl (C=O) groups is 1. The molecule has 0 radical (unpaired) electrons. The molecule has 2 rings (SSSR count). The van der Waals surface area contributed by atoms with Gasteiger partial charge in [-0.15, -0.1) is 0 Å². The second-order valence-electron chi connectivity index (χ2n) is 5.91. The van der Waals surface area contributed by atoms with Crippen molar-refractivity contribution in [2.45, 2.75) is 51.2 Å². The molecule has 0 aromatic rings. The van der Waals surface area contributed by atoms with Gasteiger partial charge < -0.3 is 15.4 Å². The van der Waals surface area contributed by atoms with Crippen molar-refractivity contribution in [3.8, 4) is 0 Å². The van der Waals surface area contributed by atoms with E-state index < -0.39 is 0 Å². The van der Waals surface area contributed by atoms with E-state index in [0.29, 0.717) is 17.9 Å². The van der Waals surface area contributed by atoms with Crippen LogP contribution >= 0.6 is 0 Å². The van der Waals surface area contributed by atoms with Crippen LogP contribution in [-0.4, -0.2) is 43.2 Å². The molecule has 4 heteroatoms. The van der Waals surface area contributed by atoms with E-state index in [1.54, 1.807) is 7.11 Å². The van der Waals surface area contributed by atoms with Crippen LogP contribution < -0.4 is 5.73 Å². The zero-order valence-electron chi connectivity index (χ0n) is 11.6. The minimum atomic E-state index is 0.118. The molecule has 0 spiro atoms. The lowest BCUT2D eigenvalue weighted by atomic mass is 9.78. The van der Waals surface area contributed by atoms with Crippen molar-refractivity contribution in [1.29, 1.82) is 0 Å². The van der Waals surface area contributed by atoms with Crippen molar-refractivity contribution in [3.05, 3.63) is 0 Å². The standard InChI is InChI=1S/C14H26N2O2/c1-10(11-4-3-5-12(15)8-11)14(17)16-7-6-13(9-16)18-2/h10-13H,3-9,15H2,1-2H3. The molecule has 2 fully saturated rings. The number of nitrogens with zero attached hydrogens (tertiary/aromatic N) is 1. The first-order valence-electron chi connectivity index (χ1n) is 7.19. The molecule has 18 heavy (non-hydrogen) atoms. The second-order valence-corrected chi connectivity index (χ2v) is 5.91. The van der Waals surface area contributed by atoms with Gasteiger partial charge in [-0.25, -0.2) is 0 Å². The molecule has 1 amide bonds. The maximum absolute atomic E-state index is 12.4. The van der Waals surface area contributed by atoms with Crippen molar-refractivity contribution in [1.82, 2.24) is 4.90 Å². The second kappa shape index (κ2) is 6.02. The monoisotopic (exact) mass is 254 g/mol. The third-order valence-electron chi connectivity index (χ3n) is 4.64. The number of nitrogens with two attached hydrogens (primary N) is 1. The van der Waals surface area contributed by atoms with Gasteiger partial charge >= 0.3 is 0 Å². The van der Waals surface area contributed by atoms with Gasteiger partial charge in [0, 0.05) is 32.2 Å². The molecule has 104 valence electrons. The van der Waals surface area contributed by atoms with Crippen molar-refractivity contribution < 1.29 is 9.53 Å². The van der Waals surface area contributed by atoms with Crippen LogP contribution in [0.25, 0.3) is 0 Å². The first kappa shape index (κ1) is 13.8. The van der Waals surface area contributed by atoms with E-state index in [4.69, 9.17) is 10.5 Å². The number of methoxy groups -OCH3 is 1. The Balaban J connectivity index is 1.88. The van der Waals surface area contributed by atoms with Gasteiger partial charge in [-0.2, -0.15) is 0 Å². The van der Waals surface area contributed by atoms with Gasteiger partial charge in [-0.3, -0.25) is 4.79 Å². The Morgan fingerprint density at radius 2 is 2.17 bits per heavy atom. The van der Waals surface area contributed by atoms with Gasteiger partial charge in [0.15, 0.2) is 0 Å². The number of likely N-dealkylation sites (tertiary alicyclic amines) is 1. The van der Waals surface area contributed by atoms with E-state index >= 15 is 0 Å². The SMILES string of the molecule is COC1CCN(C(=O)C(C)C2CCCC(N)C2)C1. The van der Waals surface area contributed by atoms with Gasteiger partial charge in [-0.05, 0) is 31.6 Å². The summed E-state index contributed by atoms with van der Waals surface area (Å²) in [6.07, 6.45) is 5.65. The molecule has 1 saturated carbocycles. The number of hydrogen-bond acceptors (Lipinski definition) is 3. The summed E-state index contributed by atoms with van der Waals surface area (Å²) >= 11 is 0. The highest BCUT2D eigenvalue weighted by molar-refractivity contribution is 5.79. The number of amides is 1. The van der Waals surface area contributed by atoms with Crippen molar-refractivity contribution in [3.63, 3.8) is 0 Å². The predicted octanol–water partition coefficient (Wildman–Crippen LogP) is 1.39. The smallest absolute Gasteiger partial charge is 0.225 e. The van der Waals surface area contributed by atoms with Crippen LogP contribution in [0.1, 0.15) is 39.0 Å². The van der Waals surface area contributed by atoms with E-state index in [9.17, 15) is 4.79 Å². The summed E-state index contributed by atoms with van der Waals surface area (Å²) in [6, 6.07) is 0.296. The highest BCUT2D eigenvalue weighted by atomic mass is 16.5. The summed E-state index contributed by atoms with van der Waals surface area (Å²) in [5.74, 6) is 0.892. The maximum atomic E-state index is 12.4.